The maximum absolute atomic E-state index is 10.8. The molecule has 0 spiro atoms. The lowest BCUT2D eigenvalue weighted by atomic mass is 10.1. The number of nitrogens with zero attached hydrogens (tertiary/aromatic N) is 2. The van der Waals surface area contributed by atoms with E-state index in [2.05, 4.69) is 9.80 Å². The molecule has 0 aliphatic carbocycles. The topological polar surface area (TPSA) is 71.5 Å². The molecule has 1 aromatic rings. The van der Waals surface area contributed by atoms with Crippen LogP contribution in [0.1, 0.15) is 24.8 Å². The largest absolute Gasteiger partial charge is 0.493 e. The third-order valence-corrected chi connectivity index (χ3v) is 5.08. The number of aliphatic carboxylic acids is 1. The first-order valence-corrected chi connectivity index (χ1v) is 9.72. The van der Waals surface area contributed by atoms with Gasteiger partial charge in [0.15, 0.2) is 18.1 Å². The van der Waals surface area contributed by atoms with E-state index in [1.807, 2.05) is 18.2 Å². The predicted octanol–water partition coefficient (Wildman–Crippen LogP) is 1.85. The molecule has 1 aromatic carbocycles. The van der Waals surface area contributed by atoms with Crippen molar-refractivity contribution < 1.29 is 24.1 Å². The number of carboxylic acid groups (broad SMARTS) is 1. The molecular formula is C20H30N2O5. The number of likely N-dealkylation sites (tertiary alicyclic amines) is 1. The van der Waals surface area contributed by atoms with Crippen molar-refractivity contribution >= 4 is 5.97 Å². The van der Waals surface area contributed by atoms with E-state index in [-0.39, 0.29) is 12.7 Å². The summed E-state index contributed by atoms with van der Waals surface area (Å²) in [6.07, 6.45) is 3.85. The molecule has 7 heteroatoms. The van der Waals surface area contributed by atoms with E-state index in [9.17, 15) is 4.79 Å². The molecule has 0 saturated carbocycles. The van der Waals surface area contributed by atoms with E-state index in [0.717, 1.165) is 44.8 Å². The molecule has 0 radical (unpaired) electrons. The van der Waals surface area contributed by atoms with Crippen molar-refractivity contribution in [2.75, 3.05) is 53.0 Å². The van der Waals surface area contributed by atoms with Gasteiger partial charge in [-0.05, 0) is 50.0 Å². The maximum atomic E-state index is 10.8. The minimum atomic E-state index is -1.00. The molecule has 2 heterocycles. The van der Waals surface area contributed by atoms with Crippen LogP contribution < -0.4 is 9.47 Å². The lowest BCUT2D eigenvalue weighted by Gasteiger charge is -2.27. The Hall–Kier alpha value is -1.83. The van der Waals surface area contributed by atoms with Gasteiger partial charge in [-0.2, -0.15) is 0 Å². The van der Waals surface area contributed by atoms with Gasteiger partial charge in [-0.3, -0.25) is 4.90 Å². The number of rotatable bonds is 8. The highest BCUT2D eigenvalue weighted by atomic mass is 16.5. The van der Waals surface area contributed by atoms with Crippen LogP contribution in [0.5, 0.6) is 11.5 Å². The van der Waals surface area contributed by atoms with Gasteiger partial charge in [0.05, 0.1) is 13.2 Å². The summed E-state index contributed by atoms with van der Waals surface area (Å²) < 4.78 is 16.7. The molecular weight excluding hydrogens is 348 g/mol. The normalized spacial score (nSPS) is 21.7. The summed E-state index contributed by atoms with van der Waals surface area (Å²) in [6.45, 7) is 6.49. The van der Waals surface area contributed by atoms with E-state index in [1.54, 1.807) is 7.11 Å². The highest BCUT2D eigenvalue weighted by Crippen LogP contribution is 2.29. The zero-order valence-electron chi connectivity index (χ0n) is 16.1. The van der Waals surface area contributed by atoms with E-state index in [4.69, 9.17) is 19.3 Å². The Morgan fingerprint density at radius 2 is 1.96 bits per heavy atom. The second-order valence-electron chi connectivity index (χ2n) is 7.26. The number of ether oxygens (including phenoxy) is 3. The number of methoxy groups -OCH3 is 1. The standard InChI is InChI=1S/C20H30N2O5/c1-25-18-6-5-16(11-19(18)27-15-20(23)24)12-22-9-4-10-26-17(14-22)13-21-7-2-3-8-21/h5-6,11,17H,2-4,7-10,12-15H2,1H3,(H,23,24). The Morgan fingerprint density at radius 3 is 2.70 bits per heavy atom. The summed E-state index contributed by atoms with van der Waals surface area (Å²) in [5.74, 6) is 0.0140. The fourth-order valence-electron chi connectivity index (χ4n) is 3.81. The fourth-order valence-corrected chi connectivity index (χ4v) is 3.81. The minimum absolute atomic E-state index is 0.242. The first kappa shape index (κ1) is 19.9. The molecule has 1 unspecified atom stereocenters. The number of hydrogen-bond donors (Lipinski definition) is 1. The summed E-state index contributed by atoms with van der Waals surface area (Å²) in [5.41, 5.74) is 1.08. The van der Waals surface area contributed by atoms with Crippen LogP contribution in [0.3, 0.4) is 0 Å². The summed E-state index contributed by atoms with van der Waals surface area (Å²) in [6, 6.07) is 5.72. The van der Waals surface area contributed by atoms with Gasteiger partial charge in [0, 0.05) is 32.8 Å². The Morgan fingerprint density at radius 1 is 1.19 bits per heavy atom. The Kier molecular flexibility index (Phi) is 7.32. The summed E-state index contributed by atoms with van der Waals surface area (Å²) >= 11 is 0. The van der Waals surface area contributed by atoms with Crippen molar-refractivity contribution in [2.24, 2.45) is 0 Å². The summed E-state index contributed by atoms with van der Waals surface area (Å²) in [7, 11) is 1.55. The van der Waals surface area contributed by atoms with Crippen molar-refractivity contribution in [3.63, 3.8) is 0 Å². The molecule has 0 amide bonds. The quantitative estimate of drug-likeness (QED) is 0.740. The van der Waals surface area contributed by atoms with Gasteiger partial charge in [0.1, 0.15) is 0 Å². The minimum Gasteiger partial charge on any atom is -0.493 e. The highest BCUT2D eigenvalue weighted by molar-refractivity contribution is 5.68. The second-order valence-corrected chi connectivity index (χ2v) is 7.26. The first-order valence-electron chi connectivity index (χ1n) is 9.72. The molecule has 3 rings (SSSR count). The average Bonchev–Trinajstić information content (AvgIpc) is 3.06. The van der Waals surface area contributed by atoms with Crippen LogP contribution in [-0.4, -0.2) is 80.0 Å². The number of carboxylic acids is 1. The van der Waals surface area contributed by atoms with Crippen LogP contribution in [0.25, 0.3) is 0 Å². The first-order chi connectivity index (χ1) is 13.1. The Labute approximate surface area is 160 Å². The lowest BCUT2D eigenvalue weighted by molar-refractivity contribution is -0.139. The van der Waals surface area contributed by atoms with Crippen LogP contribution in [0.15, 0.2) is 18.2 Å². The van der Waals surface area contributed by atoms with Crippen LogP contribution in [0.2, 0.25) is 0 Å². The van der Waals surface area contributed by atoms with Crippen molar-refractivity contribution in [2.45, 2.75) is 31.9 Å². The van der Waals surface area contributed by atoms with Gasteiger partial charge < -0.3 is 24.2 Å². The molecule has 1 atom stereocenters. The van der Waals surface area contributed by atoms with Crippen LogP contribution in [0, 0.1) is 0 Å². The number of hydrogen-bond acceptors (Lipinski definition) is 6. The maximum Gasteiger partial charge on any atom is 0.341 e. The Bertz CT molecular complexity index is 618. The van der Waals surface area contributed by atoms with Crippen LogP contribution in [0.4, 0.5) is 0 Å². The third kappa shape index (κ3) is 6.09. The van der Waals surface area contributed by atoms with E-state index in [0.29, 0.717) is 11.5 Å². The molecule has 150 valence electrons. The van der Waals surface area contributed by atoms with Gasteiger partial charge >= 0.3 is 5.97 Å². The third-order valence-electron chi connectivity index (χ3n) is 5.08. The molecule has 2 fully saturated rings. The predicted molar refractivity (Wildman–Crippen MR) is 101 cm³/mol. The van der Waals surface area contributed by atoms with Crippen molar-refractivity contribution in [3.05, 3.63) is 23.8 Å². The fraction of sp³-hybridized carbons (Fsp3) is 0.650. The molecule has 1 N–H and O–H groups in total. The Balaban J connectivity index is 1.61. The van der Waals surface area contributed by atoms with Gasteiger partial charge in [0.2, 0.25) is 0 Å². The average molecular weight is 378 g/mol. The van der Waals surface area contributed by atoms with Gasteiger partial charge in [0.25, 0.3) is 0 Å². The second kappa shape index (κ2) is 9.92. The zero-order chi connectivity index (χ0) is 19.1. The molecule has 2 aliphatic rings. The van der Waals surface area contributed by atoms with Gasteiger partial charge in [-0.15, -0.1) is 0 Å². The molecule has 27 heavy (non-hydrogen) atoms. The molecule has 0 bridgehead atoms. The molecule has 0 aromatic heterocycles. The molecule has 7 nitrogen and oxygen atoms in total. The smallest absolute Gasteiger partial charge is 0.341 e. The molecule has 2 aliphatic heterocycles. The number of benzene rings is 1. The molecule has 2 saturated heterocycles. The van der Waals surface area contributed by atoms with Gasteiger partial charge in [-0.1, -0.05) is 6.07 Å². The number of carbonyl (C=O) groups is 1. The highest BCUT2D eigenvalue weighted by Gasteiger charge is 2.23. The van der Waals surface area contributed by atoms with Crippen LogP contribution >= 0.6 is 0 Å². The summed E-state index contributed by atoms with van der Waals surface area (Å²) in [4.78, 5) is 15.7. The monoisotopic (exact) mass is 378 g/mol. The lowest BCUT2D eigenvalue weighted by Crippen LogP contribution is -2.39. The van der Waals surface area contributed by atoms with Crippen molar-refractivity contribution in [1.29, 1.82) is 0 Å². The SMILES string of the molecule is COc1ccc(CN2CCCOC(CN3CCCC3)C2)cc1OCC(=O)O. The van der Waals surface area contributed by atoms with Crippen LogP contribution in [-0.2, 0) is 16.1 Å². The van der Waals surface area contributed by atoms with Gasteiger partial charge in [-0.25, -0.2) is 4.79 Å². The van der Waals surface area contributed by atoms with E-state index in [1.165, 1.54) is 25.9 Å². The summed E-state index contributed by atoms with van der Waals surface area (Å²) in [5, 5.41) is 8.85. The van der Waals surface area contributed by atoms with E-state index >= 15 is 0 Å². The van der Waals surface area contributed by atoms with Crippen molar-refractivity contribution in [3.8, 4) is 11.5 Å². The van der Waals surface area contributed by atoms with E-state index < -0.39 is 5.97 Å². The van der Waals surface area contributed by atoms with Crippen molar-refractivity contribution in [1.82, 2.24) is 9.80 Å². The zero-order valence-corrected chi connectivity index (χ0v) is 16.1.